The summed E-state index contributed by atoms with van der Waals surface area (Å²) in [6.45, 7) is 2.60. The summed E-state index contributed by atoms with van der Waals surface area (Å²) < 4.78 is 0. The van der Waals surface area contributed by atoms with Crippen LogP contribution in [0.1, 0.15) is 44.3 Å². The molecule has 0 saturated heterocycles. The van der Waals surface area contributed by atoms with E-state index in [9.17, 15) is 14.4 Å². The molecule has 0 aliphatic heterocycles. The fraction of sp³-hybridized carbons (Fsp3) is 0.160. The molecule has 0 fully saturated rings. The zero-order chi connectivity index (χ0) is 21.3. The highest BCUT2D eigenvalue weighted by Crippen LogP contribution is 2.29. The topological polar surface area (TPSA) is 67.7 Å². The van der Waals surface area contributed by atoms with Gasteiger partial charge in [-0.3, -0.25) is 14.4 Å². The quantitative estimate of drug-likeness (QED) is 0.542. The summed E-state index contributed by atoms with van der Waals surface area (Å²) in [4.78, 5) is 39.4. The number of quaternary nitrogens is 1. The molecule has 1 aliphatic carbocycles. The van der Waals surface area contributed by atoms with Crippen LogP contribution in [-0.4, -0.2) is 30.6 Å². The van der Waals surface area contributed by atoms with Crippen LogP contribution < -0.4 is 10.2 Å². The minimum Gasteiger partial charge on any atom is -0.324 e. The number of carbonyl (C=O) groups is 3. The standard InChI is InChI=1S/C25H22N2O3/c1-16(27(2)15-17-8-4-3-5-9-17)25(30)26-18-12-13-21-22(14-18)24(29)20-11-7-6-10-19(20)23(21)28/h3-14,16H,15H2,1-2H3,(H,26,30)/p+1/t16-/m0/s1. The molecule has 0 bridgehead atoms. The third kappa shape index (κ3) is 3.67. The van der Waals surface area contributed by atoms with Gasteiger partial charge in [-0.25, -0.2) is 0 Å². The molecule has 2 atom stereocenters. The van der Waals surface area contributed by atoms with E-state index in [0.717, 1.165) is 17.0 Å². The summed E-state index contributed by atoms with van der Waals surface area (Å²) in [5.41, 5.74) is 3.20. The van der Waals surface area contributed by atoms with Crippen molar-refractivity contribution in [2.45, 2.75) is 19.5 Å². The van der Waals surface area contributed by atoms with Crippen molar-refractivity contribution in [3.05, 3.63) is 101 Å². The molecule has 0 spiro atoms. The fourth-order valence-corrected chi connectivity index (χ4v) is 3.72. The molecule has 30 heavy (non-hydrogen) atoms. The maximum absolute atomic E-state index is 12.9. The van der Waals surface area contributed by atoms with Gasteiger partial charge in [0.05, 0.1) is 7.05 Å². The predicted molar refractivity (Wildman–Crippen MR) is 115 cm³/mol. The Bertz CT molecular complexity index is 1140. The van der Waals surface area contributed by atoms with E-state index in [1.54, 1.807) is 42.5 Å². The van der Waals surface area contributed by atoms with Crippen molar-refractivity contribution >= 4 is 23.2 Å². The number of likely N-dealkylation sites (N-methyl/N-ethyl adjacent to an activating group) is 1. The van der Waals surface area contributed by atoms with Gasteiger partial charge in [-0.1, -0.05) is 54.6 Å². The third-order valence-corrected chi connectivity index (χ3v) is 5.65. The first-order valence-corrected chi connectivity index (χ1v) is 9.95. The van der Waals surface area contributed by atoms with E-state index in [1.807, 2.05) is 44.3 Å². The van der Waals surface area contributed by atoms with Gasteiger partial charge in [-0.05, 0) is 25.1 Å². The largest absolute Gasteiger partial charge is 0.324 e. The molecule has 1 amide bonds. The highest BCUT2D eigenvalue weighted by molar-refractivity contribution is 6.28. The molecule has 3 aromatic carbocycles. The number of nitrogens with one attached hydrogen (secondary N) is 2. The summed E-state index contributed by atoms with van der Waals surface area (Å²) >= 11 is 0. The molecule has 150 valence electrons. The van der Waals surface area contributed by atoms with Crippen molar-refractivity contribution in [1.82, 2.24) is 0 Å². The minimum absolute atomic E-state index is 0.140. The van der Waals surface area contributed by atoms with Crippen molar-refractivity contribution in [1.29, 1.82) is 0 Å². The summed E-state index contributed by atoms with van der Waals surface area (Å²) in [5, 5.41) is 2.89. The van der Waals surface area contributed by atoms with E-state index in [-0.39, 0.29) is 23.5 Å². The van der Waals surface area contributed by atoms with Crippen LogP contribution >= 0.6 is 0 Å². The summed E-state index contributed by atoms with van der Waals surface area (Å²) in [7, 11) is 1.98. The molecular weight excluding hydrogens is 376 g/mol. The van der Waals surface area contributed by atoms with Crippen molar-refractivity contribution in [3.63, 3.8) is 0 Å². The van der Waals surface area contributed by atoms with Crippen LogP contribution in [0.15, 0.2) is 72.8 Å². The number of hydrogen-bond acceptors (Lipinski definition) is 3. The van der Waals surface area contributed by atoms with Gasteiger partial charge >= 0.3 is 0 Å². The van der Waals surface area contributed by atoms with Crippen LogP contribution in [0, 0.1) is 0 Å². The van der Waals surface area contributed by atoms with Crippen LogP contribution in [0.3, 0.4) is 0 Å². The number of anilines is 1. The van der Waals surface area contributed by atoms with Crippen molar-refractivity contribution in [3.8, 4) is 0 Å². The molecule has 1 aliphatic rings. The Hall–Kier alpha value is -3.57. The lowest BCUT2D eigenvalue weighted by atomic mass is 9.84. The van der Waals surface area contributed by atoms with Gasteiger partial charge in [0.25, 0.3) is 5.91 Å². The Morgan fingerprint density at radius 2 is 1.40 bits per heavy atom. The second-order valence-corrected chi connectivity index (χ2v) is 7.68. The monoisotopic (exact) mass is 399 g/mol. The number of hydrogen-bond donors (Lipinski definition) is 2. The second kappa shape index (κ2) is 8.05. The first-order chi connectivity index (χ1) is 14.5. The van der Waals surface area contributed by atoms with Gasteiger partial charge in [0.1, 0.15) is 6.54 Å². The number of ketones is 2. The Balaban J connectivity index is 1.51. The zero-order valence-corrected chi connectivity index (χ0v) is 16.9. The van der Waals surface area contributed by atoms with Gasteiger partial charge in [0.15, 0.2) is 17.6 Å². The highest BCUT2D eigenvalue weighted by Gasteiger charge is 2.30. The maximum Gasteiger partial charge on any atom is 0.282 e. The van der Waals surface area contributed by atoms with Crippen LogP contribution in [0.2, 0.25) is 0 Å². The van der Waals surface area contributed by atoms with E-state index in [1.165, 1.54) is 0 Å². The molecule has 5 nitrogen and oxygen atoms in total. The van der Waals surface area contributed by atoms with Crippen LogP contribution in [0.4, 0.5) is 5.69 Å². The van der Waals surface area contributed by atoms with Crippen LogP contribution in [0.25, 0.3) is 0 Å². The number of carbonyl (C=O) groups excluding carboxylic acids is 3. The van der Waals surface area contributed by atoms with Crippen molar-refractivity contribution in [2.24, 2.45) is 0 Å². The number of fused-ring (bicyclic) bond motifs is 2. The first-order valence-electron chi connectivity index (χ1n) is 9.95. The van der Waals surface area contributed by atoms with E-state index >= 15 is 0 Å². The van der Waals surface area contributed by atoms with Gasteiger partial charge in [-0.2, -0.15) is 0 Å². The smallest absolute Gasteiger partial charge is 0.282 e. The lowest BCUT2D eigenvalue weighted by Gasteiger charge is -2.22. The molecule has 0 saturated carbocycles. The number of benzene rings is 3. The molecule has 1 unspecified atom stereocenters. The molecule has 0 heterocycles. The van der Waals surface area contributed by atoms with Crippen LogP contribution in [0.5, 0.6) is 0 Å². The molecule has 4 rings (SSSR count). The third-order valence-electron chi connectivity index (χ3n) is 5.65. The SMILES string of the molecule is C[C@@H](C(=O)Nc1ccc2c(c1)C(=O)c1ccccc1C2=O)[NH+](C)Cc1ccccc1. The summed E-state index contributed by atoms with van der Waals surface area (Å²) in [5.74, 6) is -0.506. The molecule has 2 N–H and O–H groups in total. The lowest BCUT2D eigenvalue weighted by molar-refractivity contribution is -0.907. The predicted octanol–water partition coefficient (Wildman–Crippen LogP) is 2.50. The molecule has 3 aromatic rings. The second-order valence-electron chi connectivity index (χ2n) is 7.68. The Morgan fingerprint density at radius 3 is 2.07 bits per heavy atom. The number of rotatable bonds is 5. The molecular formula is C25H23N2O3+. The maximum atomic E-state index is 12.9. The highest BCUT2D eigenvalue weighted by atomic mass is 16.2. The molecule has 0 aromatic heterocycles. The van der Waals surface area contributed by atoms with Gasteiger partial charge in [-0.15, -0.1) is 0 Å². The van der Waals surface area contributed by atoms with Crippen molar-refractivity contribution in [2.75, 3.05) is 12.4 Å². The van der Waals surface area contributed by atoms with Crippen LogP contribution in [-0.2, 0) is 11.3 Å². The van der Waals surface area contributed by atoms with E-state index in [4.69, 9.17) is 0 Å². The van der Waals surface area contributed by atoms with Gasteiger partial charge < -0.3 is 10.2 Å². The Labute approximate surface area is 175 Å². The lowest BCUT2D eigenvalue weighted by Crippen LogP contribution is -3.12. The Morgan fingerprint density at radius 1 is 0.833 bits per heavy atom. The van der Waals surface area contributed by atoms with E-state index in [2.05, 4.69) is 5.32 Å². The first kappa shape index (κ1) is 19.7. The fourth-order valence-electron chi connectivity index (χ4n) is 3.72. The molecule has 5 heteroatoms. The van der Waals surface area contributed by atoms with E-state index < -0.39 is 0 Å². The zero-order valence-electron chi connectivity index (χ0n) is 16.9. The van der Waals surface area contributed by atoms with E-state index in [0.29, 0.717) is 27.9 Å². The Kier molecular flexibility index (Phi) is 5.29. The van der Waals surface area contributed by atoms with Crippen molar-refractivity contribution < 1.29 is 19.3 Å². The van der Waals surface area contributed by atoms with Gasteiger partial charge in [0, 0.05) is 33.5 Å². The average molecular weight is 399 g/mol. The summed E-state index contributed by atoms with van der Waals surface area (Å²) in [6.07, 6.45) is 0. The van der Waals surface area contributed by atoms with Gasteiger partial charge in [0.2, 0.25) is 0 Å². The minimum atomic E-state index is -0.292. The molecule has 0 radical (unpaired) electrons. The normalized spacial score (nSPS) is 14.5. The average Bonchev–Trinajstić information content (AvgIpc) is 2.77. The summed E-state index contributed by atoms with van der Waals surface area (Å²) in [6, 6.07) is 21.4. The number of amides is 1.